The molecule has 0 bridgehead atoms. The molecule has 2 aromatic heterocycles. The van der Waals surface area contributed by atoms with E-state index in [9.17, 15) is 0 Å². The number of benzene rings is 1. The Morgan fingerprint density at radius 2 is 2.05 bits per heavy atom. The molecule has 1 atom stereocenters. The topological polar surface area (TPSA) is 48.8 Å². The second-order valence-electron chi connectivity index (χ2n) is 5.59. The summed E-state index contributed by atoms with van der Waals surface area (Å²) in [5.74, 6) is 0. The van der Waals surface area contributed by atoms with Gasteiger partial charge in [0.25, 0.3) is 0 Å². The van der Waals surface area contributed by atoms with Crippen LogP contribution in [0.4, 0.5) is 0 Å². The van der Waals surface area contributed by atoms with Gasteiger partial charge >= 0.3 is 0 Å². The van der Waals surface area contributed by atoms with Gasteiger partial charge in [-0.15, -0.1) is 0 Å². The van der Waals surface area contributed by atoms with E-state index in [1.807, 2.05) is 4.68 Å². The maximum absolute atomic E-state index is 5.70. The SMILES string of the molecule is CCC(C)n1ccc(Cn2ccc3cc(CN)ccc32)n1. The first-order valence-corrected chi connectivity index (χ1v) is 7.53. The molecular weight excluding hydrogens is 260 g/mol. The minimum atomic E-state index is 0.451. The third-order valence-electron chi connectivity index (χ3n) is 4.11. The van der Waals surface area contributed by atoms with Gasteiger partial charge in [-0.2, -0.15) is 5.10 Å². The van der Waals surface area contributed by atoms with Crippen molar-refractivity contribution in [3.8, 4) is 0 Å². The van der Waals surface area contributed by atoms with Crippen molar-refractivity contribution in [3.05, 3.63) is 54.0 Å². The lowest BCUT2D eigenvalue weighted by molar-refractivity contribution is 0.472. The van der Waals surface area contributed by atoms with Crippen LogP contribution < -0.4 is 5.73 Å². The second-order valence-corrected chi connectivity index (χ2v) is 5.59. The first-order chi connectivity index (χ1) is 10.2. The summed E-state index contributed by atoms with van der Waals surface area (Å²) in [4.78, 5) is 0. The number of rotatable bonds is 5. The summed E-state index contributed by atoms with van der Waals surface area (Å²) in [6.07, 6.45) is 5.28. The zero-order valence-electron chi connectivity index (χ0n) is 12.7. The van der Waals surface area contributed by atoms with Crippen LogP contribution in [0.2, 0.25) is 0 Å². The quantitative estimate of drug-likeness (QED) is 0.780. The van der Waals surface area contributed by atoms with Crippen molar-refractivity contribution in [2.45, 2.75) is 39.4 Å². The molecule has 0 aliphatic rings. The van der Waals surface area contributed by atoms with Crippen LogP contribution in [0.15, 0.2) is 42.7 Å². The van der Waals surface area contributed by atoms with Crippen LogP contribution in [0.1, 0.15) is 37.6 Å². The van der Waals surface area contributed by atoms with Gasteiger partial charge in [0.1, 0.15) is 0 Å². The minimum Gasteiger partial charge on any atom is -0.341 e. The van der Waals surface area contributed by atoms with E-state index in [2.05, 4.69) is 66.2 Å². The fourth-order valence-corrected chi connectivity index (χ4v) is 2.58. The molecule has 1 aromatic carbocycles. The van der Waals surface area contributed by atoms with Gasteiger partial charge in [-0.25, -0.2) is 0 Å². The Morgan fingerprint density at radius 1 is 1.19 bits per heavy atom. The summed E-state index contributed by atoms with van der Waals surface area (Å²) in [5.41, 5.74) is 9.18. The average Bonchev–Trinajstić information content (AvgIpc) is 3.14. The number of aromatic nitrogens is 3. The molecule has 4 nitrogen and oxygen atoms in total. The average molecular weight is 282 g/mol. The maximum atomic E-state index is 5.70. The highest BCUT2D eigenvalue weighted by atomic mass is 15.3. The molecule has 0 fully saturated rings. The molecule has 1 unspecified atom stereocenters. The molecule has 2 N–H and O–H groups in total. The zero-order chi connectivity index (χ0) is 14.8. The van der Waals surface area contributed by atoms with E-state index < -0.39 is 0 Å². The lowest BCUT2D eigenvalue weighted by Gasteiger charge is -2.08. The van der Waals surface area contributed by atoms with Crippen molar-refractivity contribution < 1.29 is 0 Å². The molecule has 0 saturated heterocycles. The molecule has 0 radical (unpaired) electrons. The molecule has 4 heteroatoms. The van der Waals surface area contributed by atoms with Crippen molar-refractivity contribution in [1.82, 2.24) is 14.3 Å². The monoisotopic (exact) mass is 282 g/mol. The van der Waals surface area contributed by atoms with Gasteiger partial charge in [0.05, 0.1) is 12.2 Å². The Labute approximate surface area is 125 Å². The lowest BCUT2D eigenvalue weighted by atomic mass is 10.1. The summed E-state index contributed by atoms with van der Waals surface area (Å²) in [6, 6.07) is 11.1. The Hall–Kier alpha value is -2.07. The Bertz CT molecular complexity index is 738. The van der Waals surface area contributed by atoms with Crippen LogP contribution in [0.25, 0.3) is 10.9 Å². The predicted octanol–water partition coefficient (Wildman–Crippen LogP) is 3.32. The van der Waals surface area contributed by atoms with E-state index in [0.29, 0.717) is 12.6 Å². The predicted molar refractivity (Wildman–Crippen MR) is 86.2 cm³/mol. The summed E-state index contributed by atoms with van der Waals surface area (Å²) in [6.45, 7) is 5.76. The standard InChI is InChI=1S/C17H22N4/c1-3-13(2)21-9-7-16(19-21)12-20-8-6-15-10-14(11-18)4-5-17(15)20/h4-10,13H,3,11-12,18H2,1-2H3. The van der Waals surface area contributed by atoms with Crippen LogP contribution in [-0.2, 0) is 13.1 Å². The third-order valence-corrected chi connectivity index (χ3v) is 4.11. The first kappa shape index (κ1) is 13.9. The van der Waals surface area contributed by atoms with E-state index in [1.54, 1.807) is 0 Å². The first-order valence-electron chi connectivity index (χ1n) is 7.53. The van der Waals surface area contributed by atoms with Gasteiger partial charge in [0, 0.05) is 30.5 Å². The summed E-state index contributed by atoms with van der Waals surface area (Å²) < 4.78 is 4.28. The highest BCUT2D eigenvalue weighted by molar-refractivity contribution is 5.81. The second kappa shape index (κ2) is 5.74. The van der Waals surface area contributed by atoms with E-state index in [-0.39, 0.29) is 0 Å². The highest BCUT2D eigenvalue weighted by Gasteiger charge is 2.07. The minimum absolute atomic E-state index is 0.451. The molecule has 0 amide bonds. The number of hydrogen-bond donors (Lipinski definition) is 1. The Morgan fingerprint density at radius 3 is 2.81 bits per heavy atom. The molecule has 3 rings (SSSR count). The molecule has 0 aliphatic heterocycles. The van der Waals surface area contributed by atoms with E-state index in [1.165, 1.54) is 16.5 Å². The summed E-state index contributed by atoms with van der Waals surface area (Å²) in [5, 5.41) is 5.91. The number of fused-ring (bicyclic) bond motifs is 1. The number of hydrogen-bond acceptors (Lipinski definition) is 2. The molecule has 2 heterocycles. The van der Waals surface area contributed by atoms with Gasteiger partial charge in [0.15, 0.2) is 0 Å². The summed E-state index contributed by atoms with van der Waals surface area (Å²) >= 11 is 0. The van der Waals surface area contributed by atoms with Crippen LogP contribution in [0.5, 0.6) is 0 Å². The largest absolute Gasteiger partial charge is 0.341 e. The van der Waals surface area contributed by atoms with Crippen molar-refractivity contribution in [3.63, 3.8) is 0 Å². The Balaban J connectivity index is 1.86. The van der Waals surface area contributed by atoms with Crippen molar-refractivity contribution >= 4 is 10.9 Å². The number of nitrogens with zero attached hydrogens (tertiary/aromatic N) is 3. The van der Waals surface area contributed by atoms with Crippen LogP contribution in [0.3, 0.4) is 0 Å². The summed E-state index contributed by atoms with van der Waals surface area (Å²) in [7, 11) is 0. The fraction of sp³-hybridized carbons (Fsp3) is 0.353. The van der Waals surface area contributed by atoms with Crippen LogP contribution in [0, 0.1) is 0 Å². The molecule has 21 heavy (non-hydrogen) atoms. The van der Waals surface area contributed by atoms with Crippen LogP contribution in [-0.4, -0.2) is 14.3 Å². The molecule has 3 aromatic rings. The smallest absolute Gasteiger partial charge is 0.0821 e. The van der Waals surface area contributed by atoms with E-state index in [0.717, 1.165) is 18.7 Å². The highest BCUT2D eigenvalue weighted by Crippen LogP contribution is 2.19. The van der Waals surface area contributed by atoms with Gasteiger partial charge in [-0.05, 0) is 48.6 Å². The van der Waals surface area contributed by atoms with E-state index in [4.69, 9.17) is 5.73 Å². The van der Waals surface area contributed by atoms with Crippen LogP contribution >= 0.6 is 0 Å². The Kier molecular flexibility index (Phi) is 3.80. The molecular formula is C17H22N4. The van der Waals surface area contributed by atoms with E-state index >= 15 is 0 Å². The molecule has 0 spiro atoms. The van der Waals surface area contributed by atoms with Crippen molar-refractivity contribution in [1.29, 1.82) is 0 Å². The fourth-order valence-electron chi connectivity index (χ4n) is 2.58. The molecule has 0 saturated carbocycles. The zero-order valence-corrected chi connectivity index (χ0v) is 12.7. The lowest BCUT2D eigenvalue weighted by Crippen LogP contribution is -2.06. The molecule has 0 aliphatic carbocycles. The molecule has 110 valence electrons. The van der Waals surface area contributed by atoms with Crippen molar-refractivity contribution in [2.24, 2.45) is 5.73 Å². The van der Waals surface area contributed by atoms with Crippen molar-refractivity contribution in [2.75, 3.05) is 0 Å². The third kappa shape index (κ3) is 2.72. The normalized spacial score (nSPS) is 12.9. The van der Waals surface area contributed by atoms with Gasteiger partial charge in [0.2, 0.25) is 0 Å². The van der Waals surface area contributed by atoms with Gasteiger partial charge in [-0.1, -0.05) is 13.0 Å². The van der Waals surface area contributed by atoms with Gasteiger partial charge < -0.3 is 10.3 Å². The maximum Gasteiger partial charge on any atom is 0.0821 e. The van der Waals surface area contributed by atoms with Gasteiger partial charge in [-0.3, -0.25) is 4.68 Å². The number of nitrogens with two attached hydrogens (primary N) is 1.